The van der Waals surface area contributed by atoms with Crippen LogP contribution in [-0.4, -0.2) is 30.4 Å². The van der Waals surface area contributed by atoms with Crippen molar-refractivity contribution in [1.29, 1.82) is 0 Å². The van der Waals surface area contributed by atoms with E-state index in [9.17, 15) is 4.79 Å². The van der Waals surface area contributed by atoms with E-state index in [-0.39, 0.29) is 24.4 Å². The van der Waals surface area contributed by atoms with Gasteiger partial charge in [0.2, 0.25) is 5.91 Å². The third kappa shape index (κ3) is 5.07. The van der Waals surface area contributed by atoms with Crippen molar-refractivity contribution in [1.82, 2.24) is 4.90 Å². The lowest BCUT2D eigenvalue weighted by Crippen LogP contribution is -2.39. The zero-order chi connectivity index (χ0) is 12.8. The molecule has 0 aliphatic carbocycles. The molecule has 0 aliphatic heterocycles. The van der Waals surface area contributed by atoms with Gasteiger partial charge >= 0.3 is 0 Å². The first-order chi connectivity index (χ1) is 8.04. The lowest BCUT2D eigenvalue weighted by molar-refractivity contribution is -0.131. The molecular weight excluding hydrogens is 248 g/mol. The van der Waals surface area contributed by atoms with Gasteiger partial charge in [-0.25, -0.2) is 0 Å². The highest BCUT2D eigenvalue weighted by molar-refractivity contribution is 5.85. The molecule has 4 heteroatoms. The van der Waals surface area contributed by atoms with Crippen LogP contribution in [0, 0.1) is 6.92 Å². The Morgan fingerprint density at radius 2 is 2.11 bits per heavy atom. The first-order valence-electron chi connectivity index (χ1n) is 6.06. The van der Waals surface area contributed by atoms with E-state index in [1.54, 1.807) is 4.90 Å². The summed E-state index contributed by atoms with van der Waals surface area (Å²) in [5.74, 6) is 0.157. The zero-order valence-electron chi connectivity index (χ0n) is 11.3. The summed E-state index contributed by atoms with van der Waals surface area (Å²) in [7, 11) is 1.82. The van der Waals surface area contributed by atoms with Crippen molar-refractivity contribution in [3.05, 3.63) is 35.4 Å². The van der Waals surface area contributed by atoms with E-state index in [0.717, 1.165) is 6.42 Å². The topological polar surface area (TPSA) is 46.3 Å². The third-order valence-corrected chi connectivity index (χ3v) is 3.11. The minimum absolute atomic E-state index is 0. The number of nitrogens with two attached hydrogens (primary N) is 1. The molecule has 0 fully saturated rings. The average Bonchev–Trinajstić information content (AvgIpc) is 2.34. The van der Waals surface area contributed by atoms with Gasteiger partial charge in [-0.3, -0.25) is 4.79 Å². The molecule has 0 heterocycles. The monoisotopic (exact) mass is 270 g/mol. The number of carbonyl (C=O) groups is 1. The Bertz CT molecular complexity index is 382. The molecule has 0 spiro atoms. The smallest absolute Gasteiger partial charge is 0.222 e. The van der Waals surface area contributed by atoms with Crippen molar-refractivity contribution >= 4 is 18.3 Å². The predicted octanol–water partition coefficient (Wildman–Crippen LogP) is 2.16. The summed E-state index contributed by atoms with van der Waals surface area (Å²) in [6.45, 7) is 4.53. The number of aryl methyl sites for hydroxylation is 2. The molecule has 2 N–H and O–H groups in total. The van der Waals surface area contributed by atoms with Crippen molar-refractivity contribution in [2.75, 3.05) is 13.6 Å². The van der Waals surface area contributed by atoms with Crippen LogP contribution in [0.3, 0.4) is 0 Å². The fourth-order valence-electron chi connectivity index (χ4n) is 1.70. The van der Waals surface area contributed by atoms with E-state index >= 15 is 0 Å². The van der Waals surface area contributed by atoms with E-state index in [0.29, 0.717) is 13.0 Å². The van der Waals surface area contributed by atoms with Gasteiger partial charge in [0.1, 0.15) is 0 Å². The summed E-state index contributed by atoms with van der Waals surface area (Å²) in [5, 5.41) is 0. The highest BCUT2D eigenvalue weighted by Crippen LogP contribution is 2.08. The Hall–Kier alpha value is -1.06. The summed E-state index contributed by atoms with van der Waals surface area (Å²) >= 11 is 0. The Morgan fingerprint density at radius 3 is 2.67 bits per heavy atom. The van der Waals surface area contributed by atoms with Gasteiger partial charge < -0.3 is 10.6 Å². The molecule has 18 heavy (non-hydrogen) atoms. The second-order valence-electron chi connectivity index (χ2n) is 4.58. The Kier molecular flexibility index (Phi) is 7.64. The lowest BCUT2D eigenvalue weighted by atomic mass is 10.1. The van der Waals surface area contributed by atoms with Gasteiger partial charge in [0.15, 0.2) is 0 Å². The summed E-state index contributed by atoms with van der Waals surface area (Å²) < 4.78 is 0. The van der Waals surface area contributed by atoms with E-state index in [4.69, 9.17) is 5.73 Å². The fourth-order valence-corrected chi connectivity index (χ4v) is 1.70. The second-order valence-corrected chi connectivity index (χ2v) is 4.58. The number of carbonyl (C=O) groups excluding carboxylic acids is 1. The van der Waals surface area contributed by atoms with Crippen LogP contribution in [0.1, 0.15) is 24.5 Å². The van der Waals surface area contributed by atoms with Crippen LogP contribution in [0.15, 0.2) is 24.3 Å². The molecule has 0 aliphatic rings. The summed E-state index contributed by atoms with van der Waals surface area (Å²) in [6.07, 6.45) is 1.34. The fraction of sp³-hybridized carbons (Fsp3) is 0.500. The lowest BCUT2D eigenvalue weighted by Gasteiger charge is -2.23. The first-order valence-corrected chi connectivity index (χ1v) is 6.06. The average molecular weight is 271 g/mol. The van der Waals surface area contributed by atoms with Crippen LogP contribution in [0.25, 0.3) is 0 Å². The van der Waals surface area contributed by atoms with Crippen LogP contribution in [0.4, 0.5) is 0 Å². The Balaban J connectivity index is 0.00000289. The molecule has 1 amide bonds. The van der Waals surface area contributed by atoms with Crippen LogP contribution >= 0.6 is 12.4 Å². The van der Waals surface area contributed by atoms with Crippen molar-refractivity contribution < 1.29 is 4.79 Å². The summed E-state index contributed by atoms with van der Waals surface area (Å²) in [5.41, 5.74) is 7.99. The van der Waals surface area contributed by atoms with Crippen LogP contribution < -0.4 is 5.73 Å². The molecule has 0 aromatic heterocycles. The van der Waals surface area contributed by atoms with Gasteiger partial charge in [-0.15, -0.1) is 12.4 Å². The molecule has 1 unspecified atom stereocenters. The predicted molar refractivity (Wildman–Crippen MR) is 78.0 cm³/mol. The first kappa shape index (κ1) is 16.9. The largest absolute Gasteiger partial charge is 0.342 e. The van der Waals surface area contributed by atoms with Crippen molar-refractivity contribution in [2.45, 2.75) is 32.7 Å². The standard InChI is InChI=1S/C14H22N2O.ClH/c1-11-5-4-6-13(9-11)7-8-14(17)16(3)12(2)10-15;/h4-6,9,12H,7-8,10,15H2,1-3H3;1H. The zero-order valence-corrected chi connectivity index (χ0v) is 12.2. The molecule has 1 atom stereocenters. The number of rotatable bonds is 5. The third-order valence-electron chi connectivity index (χ3n) is 3.11. The van der Waals surface area contributed by atoms with Crippen molar-refractivity contribution in [2.24, 2.45) is 5.73 Å². The minimum atomic E-state index is 0. The number of hydrogen-bond donors (Lipinski definition) is 1. The summed E-state index contributed by atoms with van der Waals surface area (Å²) in [6, 6.07) is 8.39. The maximum Gasteiger partial charge on any atom is 0.222 e. The number of halogens is 1. The number of benzene rings is 1. The van der Waals surface area contributed by atoms with Gasteiger partial charge in [0, 0.05) is 26.1 Å². The van der Waals surface area contributed by atoms with Crippen LogP contribution in [0.5, 0.6) is 0 Å². The van der Waals surface area contributed by atoms with Gasteiger partial charge in [-0.2, -0.15) is 0 Å². The highest BCUT2D eigenvalue weighted by atomic mass is 35.5. The Morgan fingerprint density at radius 1 is 1.44 bits per heavy atom. The van der Waals surface area contributed by atoms with E-state index in [2.05, 4.69) is 25.1 Å². The van der Waals surface area contributed by atoms with Gasteiger partial charge in [0.25, 0.3) is 0 Å². The molecule has 0 saturated heterocycles. The van der Waals surface area contributed by atoms with Gasteiger partial charge in [0.05, 0.1) is 0 Å². The molecule has 3 nitrogen and oxygen atoms in total. The van der Waals surface area contributed by atoms with Gasteiger partial charge in [-0.1, -0.05) is 29.8 Å². The van der Waals surface area contributed by atoms with Crippen LogP contribution in [0.2, 0.25) is 0 Å². The number of nitrogens with zero attached hydrogens (tertiary/aromatic N) is 1. The maximum atomic E-state index is 11.9. The number of hydrogen-bond acceptors (Lipinski definition) is 2. The highest BCUT2D eigenvalue weighted by Gasteiger charge is 2.13. The van der Waals surface area contributed by atoms with Crippen molar-refractivity contribution in [3.8, 4) is 0 Å². The van der Waals surface area contributed by atoms with Crippen molar-refractivity contribution in [3.63, 3.8) is 0 Å². The molecule has 102 valence electrons. The SMILES string of the molecule is Cc1cccc(CCC(=O)N(C)C(C)CN)c1.Cl. The molecule has 1 aromatic carbocycles. The molecule has 0 saturated carbocycles. The molecule has 0 bridgehead atoms. The minimum Gasteiger partial charge on any atom is -0.342 e. The maximum absolute atomic E-state index is 11.9. The molecule has 1 aromatic rings. The normalized spacial score (nSPS) is 11.6. The second kappa shape index (κ2) is 8.11. The summed E-state index contributed by atoms with van der Waals surface area (Å²) in [4.78, 5) is 13.6. The number of likely N-dealkylation sites (N-methyl/N-ethyl adjacent to an activating group) is 1. The molecule has 1 rings (SSSR count). The molecule has 0 radical (unpaired) electrons. The van der Waals surface area contributed by atoms with E-state index in [1.165, 1.54) is 11.1 Å². The molecular formula is C14H23ClN2O. The van der Waals surface area contributed by atoms with E-state index in [1.807, 2.05) is 20.0 Å². The van der Waals surface area contributed by atoms with Gasteiger partial charge in [-0.05, 0) is 25.8 Å². The Labute approximate surface area is 116 Å². The van der Waals surface area contributed by atoms with E-state index < -0.39 is 0 Å². The van der Waals surface area contributed by atoms with Crippen LogP contribution in [-0.2, 0) is 11.2 Å². The quantitative estimate of drug-likeness (QED) is 0.891. The number of amides is 1.